The van der Waals surface area contributed by atoms with E-state index in [1.807, 2.05) is 88.2 Å². The minimum Gasteiger partial charge on any atom is -0.480 e. The molecule has 32 nitrogen and oxygen atoms in total. The Morgan fingerprint density at radius 3 is 2.05 bits per heavy atom. The molecule has 2 saturated heterocycles. The molecule has 0 spiro atoms. The Kier molecular flexibility index (Phi) is 47.0. The number of nitrogens with one attached hydrogen (secondary N) is 5. The number of hydrogen-bond acceptors (Lipinski definition) is 27. The summed E-state index contributed by atoms with van der Waals surface area (Å²) in [5.41, 5.74) is 4.04. The normalized spacial score (nSPS) is 15.7. The maximum Gasteiger partial charge on any atom is 0.409 e. The van der Waals surface area contributed by atoms with Crippen LogP contribution in [-0.2, 0) is 81.5 Å². The fraction of sp³-hybridized carbons (Fsp3) is 0.574. The molecule has 0 radical (unpaired) electrons. The van der Waals surface area contributed by atoms with E-state index in [2.05, 4.69) is 91.0 Å². The van der Waals surface area contributed by atoms with Gasteiger partial charge in [0.2, 0.25) is 35.4 Å². The SMILES string of the molecule is CCSSCN(C)C(=O)OC.CC[C@H](C)[C@@H]([C@@H](CC(=O)N1CCC[C@H]1[C@H](OC)[C@@H](C)C(=O)C[C@@H](Cc1ccccc1)c1nc(C(=O)CCCc2ccccc2)cs1)OC)N(C)C(=O)[C@@H](CC(=O)[C@@H](C)C(C)C)C(C)C.Cc1nc2ncc(CNc3ccc(C(=O)N[C@@H](CCC(=O)CNCCSC4CC(=O)N(CC(=O)NCCCC(=O)N(C)C)C4=O)C(=O)O)cc3)nc2c(=O)[nH]1. The smallest absolute Gasteiger partial charge is 0.409 e. The van der Waals surface area contributed by atoms with E-state index in [-0.39, 0.29) is 164 Å². The third-order valence-corrected chi connectivity index (χ3v) is 28.0. The number of hydrogen-bond donors (Lipinski definition) is 6. The van der Waals surface area contributed by atoms with Crippen LogP contribution in [-0.4, -0.2) is 266 Å². The van der Waals surface area contributed by atoms with Crippen molar-refractivity contribution in [2.45, 2.75) is 214 Å². The number of carboxylic acids is 1. The number of thioether (sulfide) groups is 1. The third-order valence-electron chi connectivity index (χ3n) is 23.3. The molecule has 0 saturated carbocycles. The van der Waals surface area contributed by atoms with Gasteiger partial charge in [0.05, 0.1) is 78.9 Å². The molecule has 0 bridgehead atoms. The number of aromatic amines is 1. The number of ketones is 4. The van der Waals surface area contributed by atoms with Crippen molar-refractivity contribution in [2.75, 3.05) is 105 Å². The molecule has 1 unspecified atom stereocenters. The molecule has 8 rings (SSSR count). The number of fused-ring (bicyclic) bond motifs is 1. The van der Waals surface area contributed by atoms with Gasteiger partial charge >= 0.3 is 12.1 Å². The highest BCUT2D eigenvalue weighted by Crippen LogP contribution is 2.36. The number of rotatable bonds is 52. The quantitative estimate of drug-likeness (QED) is 0.00679. The Bertz CT molecular complexity index is 4760. The molecular formula is C94H134N14O18S4. The molecule has 6 aromatic rings. The Morgan fingerprint density at radius 1 is 0.754 bits per heavy atom. The number of carbonyl (C=O) groups excluding carboxylic acids is 12. The molecule has 2 fully saturated rings. The fourth-order valence-electron chi connectivity index (χ4n) is 15.1. The van der Waals surface area contributed by atoms with Crippen molar-refractivity contribution in [1.82, 2.24) is 65.4 Å². The molecule has 3 aromatic heterocycles. The molecule has 36 heteroatoms. The molecule has 2 aliphatic rings. The largest absolute Gasteiger partial charge is 0.480 e. The number of amides is 8. The number of carboxylic acid groups (broad SMARTS) is 1. The summed E-state index contributed by atoms with van der Waals surface area (Å²) in [5, 5.41) is 22.7. The van der Waals surface area contributed by atoms with Crippen molar-refractivity contribution >= 4 is 138 Å². The first-order valence-corrected chi connectivity index (χ1v) is 48.9. The molecule has 8 amide bonds. The number of aliphatic carboxylic acids is 1. The summed E-state index contributed by atoms with van der Waals surface area (Å²) in [7, 11) is 14.8. The summed E-state index contributed by atoms with van der Waals surface area (Å²) < 4.78 is 16.8. The first-order valence-electron chi connectivity index (χ1n) is 44.5. The van der Waals surface area contributed by atoms with Gasteiger partial charge in [-0.15, -0.1) is 23.1 Å². The van der Waals surface area contributed by atoms with Crippen molar-refractivity contribution < 1.29 is 81.6 Å². The molecule has 5 heterocycles. The summed E-state index contributed by atoms with van der Waals surface area (Å²) in [6.45, 7) is 20.6. The number of Topliss-reactive ketones (excluding diaryl/α,β-unsaturated/α-hetero) is 4. The molecule has 0 aliphatic carbocycles. The van der Waals surface area contributed by atoms with Crippen LogP contribution in [0.3, 0.4) is 0 Å². The zero-order valence-corrected chi connectivity index (χ0v) is 81.5. The number of likely N-dealkylation sites (tertiary alicyclic amines) is 2. The number of benzene rings is 3. The number of nitrogens with zero attached hydrogens (tertiary/aromatic N) is 9. The highest BCUT2D eigenvalue weighted by molar-refractivity contribution is 8.76. The van der Waals surface area contributed by atoms with Gasteiger partial charge in [-0.05, 0) is 105 Å². The van der Waals surface area contributed by atoms with Gasteiger partial charge in [-0.1, -0.05) is 151 Å². The average molecular weight is 1880 g/mol. The van der Waals surface area contributed by atoms with Gasteiger partial charge in [0, 0.05) is 152 Å². The lowest BCUT2D eigenvalue weighted by molar-refractivity contribution is -0.149. The number of methoxy groups -OCH3 is 3. The predicted molar refractivity (Wildman–Crippen MR) is 508 cm³/mol. The highest BCUT2D eigenvalue weighted by atomic mass is 33.1. The average Bonchev–Trinajstić information content (AvgIpc) is 1.77. The van der Waals surface area contributed by atoms with Crippen LogP contribution in [0.15, 0.2) is 101 Å². The maximum absolute atomic E-state index is 14.5. The van der Waals surface area contributed by atoms with Crippen LogP contribution in [0.4, 0.5) is 10.5 Å². The topological polar surface area (TPSA) is 419 Å². The van der Waals surface area contributed by atoms with Crippen LogP contribution in [0.2, 0.25) is 0 Å². The van der Waals surface area contributed by atoms with E-state index in [1.165, 1.54) is 63.9 Å². The van der Waals surface area contributed by atoms with Crippen LogP contribution in [0.25, 0.3) is 11.2 Å². The fourth-order valence-corrected chi connectivity index (χ4v) is 18.8. The Labute approximate surface area is 780 Å². The molecule has 3 aromatic carbocycles. The molecule has 11 atom stereocenters. The summed E-state index contributed by atoms with van der Waals surface area (Å²) in [6, 6.07) is 24.5. The summed E-state index contributed by atoms with van der Waals surface area (Å²) in [4.78, 5) is 206. The van der Waals surface area contributed by atoms with Gasteiger partial charge < -0.3 is 65.2 Å². The van der Waals surface area contributed by atoms with Crippen molar-refractivity contribution in [3.05, 3.63) is 146 Å². The zero-order chi connectivity index (χ0) is 95.8. The molecule has 712 valence electrons. The lowest BCUT2D eigenvalue weighted by Crippen LogP contribution is -2.54. The van der Waals surface area contributed by atoms with Crippen LogP contribution in [0, 0.1) is 42.4 Å². The second-order valence-corrected chi connectivity index (χ2v) is 38.6. The minimum absolute atomic E-state index is 0.00876. The van der Waals surface area contributed by atoms with Crippen LogP contribution in [0.1, 0.15) is 200 Å². The summed E-state index contributed by atoms with van der Waals surface area (Å²) >= 11 is 2.67. The number of likely N-dealkylation sites (N-methyl/N-ethyl adjacent to an activating group) is 1. The van der Waals surface area contributed by atoms with E-state index in [9.17, 15) is 72.2 Å². The van der Waals surface area contributed by atoms with Crippen molar-refractivity contribution in [1.29, 1.82) is 0 Å². The lowest BCUT2D eigenvalue weighted by Gasteiger charge is -2.41. The van der Waals surface area contributed by atoms with E-state index in [4.69, 9.17) is 14.5 Å². The number of anilines is 1. The lowest BCUT2D eigenvalue weighted by atomic mass is 9.82. The van der Waals surface area contributed by atoms with Gasteiger partial charge in [0.1, 0.15) is 41.5 Å². The standard InChI is InChI=1S/C53H77N3O7S.C35H44N10O9S.C6H13NO2S2/c1-12-36(6)50(55(9)53(61)42(35(4)5)31-47(59)37(7)34(2)3)48(62-10)32-49(60)56-28-20-26-44(56)51(63-11)38(8)46(58)30-41(29-40-23-17-14-18-24-40)52-54-43(33-64-52)45(57)27-19-25-39-21-15-13-16-22-39;1-20-40-31-30(33(51)41-20)42-23(17-39-31)16-38-22-8-6-21(7-9-22)32(50)43-25(35(53)54)11-10-24(46)18-36-13-14-55-26-15-29(49)45(34(26)52)19-27(47)37-12-4-5-28(48)44(2)3;1-4-10-11-5-7(2)6(8)9-3/h13-18,21-24,33-38,41-42,44,48,50-51H,12,19-20,25-32H2,1-11H3;6-9,17,25-26,36,38H,4-5,10-16,18-19H2,1-3H3,(H,37,47)(H,43,50)(H,53,54)(H,39,40,41,51);4-5H2,1-3H3/t36-,37-,38-,41+,42-,44-,48+,50-,51+;25-,26?;/m00./s1. The van der Waals surface area contributed by atoms with Crippen LogP contribution >= 0.6 is 44.7 Å². The van der Waals surface area contributed by atoms with E-state index < -0.39 is 83.1 Å². The van der Waals surface area contributed by atoms with E-state index in [0.717, 1.165) is 46.9 Å². The minimum atomic E-state index is -1.30. The van der Waals surface area contributed by atoms with E-state index in [0.29, 0.717) is 73.3 Å². The maximum atomic E-state index is 14.5. The van der Waals surface area contributed by atoms with Gasteiger partial charge in [0.25, 0.3) is 11.5 Å². The van der Waals surface area contributed by atoms with E-state index in [1.54, 1.807) is 88.0 Å². The second-order valence-electron chi connectivity index (χ2n) is 33.7. The third kappa shape index (κ3) is 34.7. The Hall–Kier alpha value is -9.85. The van der Waals surface area contributed by atoms with Crippen molar-refractivity contribution in [3.8, 4) is 0 Å². The summed E-state index contributed by atoms with van der Waals surface area (Å²) in [5.74, 6) is -2.41. The van der Waals surface area contributed by atoms with Gasteiger partial charge in [-0.25, -0.2) is 29.5 Å². The molecule has 6 N–H and O–H groups in total. The number of carbonyl (C=O) groups is 13. The number of ether oxygens (including phenoxy) is 3. The Morgan fingerprint density at radius 2 is 1.43 bits per heavy atom. The monoisotopic (exact) mass is 1870 g/mol. The first-order chi connectivity index (χ1) is 61.9. The van der Waals surface area contributed by atoms with Crippen molar-refractivity contribution in [3.63, 3.8) is 0 Å². The van der Waals surface area contributed by atoms with Gasteiger partial charge in [-0.2, -0.15) is 0 Å². The molecule has 2 aliphatic heterocycles. The highest BCUT2D eigenvalue weighted by Gasteiger charge is 2.45. The number of aryl methyl sites for hydroxylation is 2. The number of thiazole rings is 1. The Balaban J connectivity index is 0.000000361. The molecular weight excluding hydrogens is 1740 g/mol. The van der Waals surface area contributed by atoms with Crippen molar-refractivity contribution in [2.24, 2.45) is 35.5 Å². The number of H-pyrrole nitrogens is 1. The first kappa shape index (κ1) is 109. The van der Waals surface area contributed by atoms with Crippen LogP contribution < -0.4 is 26.8 Å². The molecule has 130 heavy (non-hydrogen) atoms. The number of imide groups is 1. The van der Waals surface area contributed by atoms with Crippen LogP contribution in [0.5, 0.6) is 0 Å². The predicted octanol–water partition coefficient (Wildman–Crippen LogP) is 11.7. The van der Waals surface area contributed by atoms with E-state index >= 15 is 0 Å². The number of aromatic nitrogens is 5. The van der Waals surface area contributed by atoms with Gasteiger partial charge in [-0.3, -0.25) is 62.4 Å². The second kappa shape index (κ2) is 56.1. The summed E-state index contributed by atoms with van der Waals surface area (Å²) in [6.07, 6.45) is 5.76. The zero-order valence-electron chi connectivity index (χ0n) is 78.3. The van der Waals surface area contributed by atoms with Gasteiger partial charge in [0.15, 0.2) is 16.9 Å².